The lowest BCUT2D eigenvalue weighted by Gasteiger charge is -2.01. The van der Waals surface area contributed by atoms with E-state index in [-0.39, 0.29) is 0 Å². The number of aromatic nitrogens is 1. The molecule has 0 unspecified atom stereocenters. The number of oxazole rings is 1. The highest BCUT2D eigenvalue weighted by atomic mass is 16.4. The normalized spacial score (nSPS) is 10.9. The Labute approximate surface area is 104 Å². The summed E-state index contributed by atoms with van der Waals surface area (Å²) < 4.78 is 4.97. The fourth-order valence-corrected chi connectivity index (χ4v) is 2.09. The molecule has 3 rings (SSSR count). The first-order valence-electron chi connectivity index (χ1n) is 5.97. The van der Waals surface area contributed by atoms with Crippen LogP contribution in [0.15, 0.2) is 57.7 Å². The summed E-state index contributed by atoms with van der Waals surface area (Å²) in [6.45, 7) is 0. The molecule has 0 amide bonds. The van der Waals surface area contributed by atoms with Gasteiger partial charge in [-0.2, -0.15) is 0 Å². The van der Waals surface area contributed by atoms with E-state index in [1.54, 1.807) is 0 Å². The Bertz CT molecular complexity index is 710. The van der Waals surface area contributed by atoms with Crippen LogP contribution in [0.3, 0.4) is 0 Å². The SMILES string of the molecule is O=c1[nH]c2cc(CCc3ccccc3)ccc2o1. The quantitative estimate of drug-likeness (QED) is 0.763. The van der Waals surface area contributed by atoms with Gasteiger partial charge < -0.3 is 4.42 Å². The fourth-order valence-electron chi connectivity index (χ4n) is 2.09. The van der Waals surface area contributed by atoms with Gasteiger partial charge >= 0.3 is 5.76 Å². The highest BCUT2D eigenvalue weighted by Gasteiger charge is 2.02. The minimum atomic E-state index is -0.398. The predicted molar refractivity (Wildman–Crippen MR) is 70.7 cm³/mol. The lowest BCUT2D eigenvalue weighted by molar-refractivity contribution is 0.555. The summed E-state index contributed by atoms with van der Waals surface area (Å²) in [5.74, 6) is -0.398. The Balaban J connectivity index is 1.80. The van der Waals surface area contributed by atoms with E-state index in [9.17, 15) is 4.79 Å². The summed E-state index contributed by atoms with van der Waals surface area (Å²) in [4.78, 5) is 13.7. The lowest BCUT2D eigenvalue weighted by Crippen LogP contribution is -1.93. The van der Waals surface area contributed by atoms with Gasteiger partial charge in [-0.1, -0.05) is 36.4 Å². The molecule has 3 nitrogen and oxygen atoms in total. The van der Waals surface area contributed by atoms with Gasteiger partial charge in [0.2, 0.25) is 0 Å². The molecule has 0 aliphatic carbocycles. The van der Waals surface area contributed by atoms with Crippen molar-refractivity contribution >= 4 is 11.1 Å². The van der Waals surface area contributed by atoms with Gasteiger partial charge in [-0.25, -0.2) is 4.79 Å². The maximum atomic E-state index is 11.1. The molecule has 0 saturated carbocycles. The average molecular weight is 239 g/mol. The number of nitrogens with one attached hydrogen (secondary N) is 1. The average Bonchev–Trinajstić information content (AvgIpc) is 2.77. The second-order valence-corrected chi connectivity index (χ2v) is 4.33. The van der Waals surface area contributed by atoms with Gasteiger partial charge in [-0.15, -0.1) is 0 Å². The first-order valence-corrected chi connectivity index (χ1v) is 5.97. The van der Waals surface area contributed by atoms with Crippen LogP contribution < -0.4 is 5.76 Å². The Morgan fingerprint density at radius 3 is 2.56 bits per heavy atom. The van der Waals surface area contributed by atoms with Gasteiger partial charge in [0.1, 0.15) is 0 Å². The molecule has 0 saturated heterocycles. The Hall–Kier alpha value is -2.29. The Kier molecular flexibility index (Phi) is 2.73. The molecule has 0 aliphatic rings. The second kappa shape index (κ2) is 4.53. The number of hydrogen-bond acceptors (Lipinski definition) is 2. The molecule has 3 aromatic rings. The minimum absolute atomic E-state index is 0.398. The molecule has 90 valence electrons. The molecule has 0 spiro atoms. The Morgan fingerprint density at radius 2 is 1.72 bits per heavy atom. The number of rotatable bonds is 3. The van der Waals surface area contributed by atoms with Crippen molar-refractivity contribution in [2.45, 2.75) is 12.8 Å². The van der Waals surface area contributed by atoms with Crippen LogP contribution in [-0.4, -0.2) is 4.98 Å². The monoisotopic (exact) mass is 239 g/mol. The van der Waals surface area contributed by atoms with Crippen LogP contribution in [0.1, 0.15) is 11.1 Å². The van der Waals surface area contributed by atoms with E-state index < -0.39 is 5.76 Å². The molecular weight excluding hydrogens is 226 g/mol. The smallest absolute Gasteiger partial charge is 0.408 e. The summed E-state index contributed by atoms with van der Waals surface area (Å²) in [5.41, 5.74) is 3.90. The van der Waals surface area contributed by atoms with Crippen molar-refractivity contribution in [1.82, 2.24) is 4.98 Å². The summed E-state index contributed by atoms with van der Waals surface area (Å²) in [5, 5.41) is 0. The Morgan fingerprint density at radius 1 is 0.944 bits per heavy atom. The van der Waals surface area contributed by atoms with Crippen LogP contribution in [0.4, 0.5) is 0 Å². The van der Waals surface area contributed by atoms with E-state index >= 15 is 0 Å². The van der Waals surface area contributed by atoms with Crippen LogP contribution in [0, 0.1) is 0 Å². The van der Waals surface area contributed by atoms with Gasteiger partial charge in [0.05, 0.1) is 5.52 Å². The standard InChI is InChI=1S/C15H13NO2/c17-15-16-13-10-12(8-9-14(13)18-15)7-6-11-4-2-1-3-5-11/h1-5,8-10H,6-7H2,(H,16,17). The van der Waals surface area contributed by atoms with E-state index in [0.717, 1.165) is 18.4 Å². The van der Waals surface area contributed by atoms with E-state index in [2.05, 4.69) is 17.1 Å². The minimum Gasteiger partial charge on any atom is -0.408 e. The first kappa shape index (κ1) is 10.8. The van der Waals surface area contributed by atoms with Crippen LogP contribution in [0.25, 0.3) is 11.1 Å². The zero-order valence-electron chi connectivity index (χ0n) is 9.85. The molecule has 2 aromatic carbocycles. The number of benzene rings is 2. The molecule has 18 heavy (non-hydrogen) atoms. The van der Waals surface area contributed by atoms with E-state index in [1.807, 2.05) is 36.4 Å². The fraction of sp³-hybridized carbons (Fsp3) is 0.133. The number of hydrogen-bond donors (Lipinski definition) is 1. The van der Waals surface area contributed by atoms with Gasteiger partial charge in [0.25, 0.3) is 0 Å². The van der Waals surface area contributed by atoms with E-state index in [0.29, 0.717) is 5.58 Å². The third-order valence-electron chi connectivity index (χ3n) is 3.03. The molecule has 1 N–H and O–H groups in total. The molecular formula is C15H13NO2. The van der Waals surface area contributed by atoms with Crippen molar-refractivity contribution in [3.05, 3.63) is 70.2 Å². The maximum Gasteiger partial charge on any atom is 0.417 e. The van der Waals surface area contributed by atoms with Gasteiger partial charge in [-0.3, -0.25) is 4.98 Å². The van der Waals surface area contributed by atoms with Crippen molar-refractivity contribution in [1.29, 1.82) is 0 Å². The lowest BCUT2D eigenvalue weighted by atomic mass is 10.0. The van der Waals surface area contributed by atoms with Crippen molar-refractivity contribution in [2.24, 2.45) is 0 Å². The second-order valence-electron chi connectivity index (χ2n) is 4.33. The first-order chi connectivity index (χ1) is 8.81. The van der Waals surface area contributed by atoms with Crippen molar-refractivity contribution in [3.8, 4) is 0 Å². The van der Waals surface area contributed by atoms with Crippen LogP contribution in [0.2, 0.25) is 0 Å². The zero-order chi connectivity index (χ0) is 12.4. The predicted octanol–water partition coefficient (Wildman–Crippen LogP) is 2.91. The van der Waals surface area contributed by atoms with Gasteiger partial charge in [0.15, 0.2) is 5.58 Å². The number of H-pyrrole nitrogens is 1. The van der Waals surface area contributed by atoms with Gasteiger partial charge in [-0.05, 0) is 36.1 Å². The number of aryl methyl sites for hydroxylation is 2. The topological polar surface area (TPSA) is 46.0 Å². The van der Waals surface area contributed by atoms with E-state index in [1.165, 1.54) is 11.1 Å². The largest absolute Gasteiger partial charge is 0.417 e. The summed E-state index contributed by atoms with van der Waals surface area (Å²) in [7, 11) is 0. The third kappa shape index (κ3) is 2.20. The molecule has 0 atom stereocenters. The molecule has 0 radical (unpaired) electrons. The van der Waals surface area contributed by atoms with Crippen LogP contribution in [-0.2, 0) is 12.8 Å². The summed E-state index contributed by atoms with van der Waals surface area (Å²) in [6.07, 6.45) is 1.95. The van der Waals surface area contributed by atoms with Crippen molar-refractivity contribution in [2.75, 3.05) is 0 Å². The molecule has 0 fully saturated rings. The number of fused-ring (bicyclic) bond motifs is 1. The molecule has 0 bridgehead atoms. The highest BCUT2D eigenvalue weighted by molar-refractivity contribution is 5.72. The summed E-state index contributed by atoms with van der Waals surface area (Å²) in [6, 6.07) is 16.2. The highest BCUT2D eigenvalue weighted by Crippen LogP contribution is 2.14. The number of aromatic amines is 1. The third-order valence-corrected chi connectivity index (χ3v) is 3.03. The van der Waals surface area contributed by atoms with Crippen LogP contribution in [0.5, 0.6) is 0 Å². The van der Waals surface area contributed by atoms with Gasteiger partial charge in [0, 0.05) is 0 Å². The van der Waals surface area contributed by atoms with Crippen LogP contribution >= 0.6 is 0 Å². The maximum absolute atomic E-state index is 11.1. The molecule has 3 heteroatoms. The van der Waals surface area contributed by atoms with Crippen molar-refractivity contribution < 1.29 is 4.42 Å². The van der Waals surface area contributed by atoms with E-state index in [4.69, 9.17) is 4.42 Å². The molecule has 0 aliphatic heterocycles. The zero-order valence-corrected chi connectivity index (χ0v) is 9.85. The molecule has 1 heterocycles. The summed E-state index contributed by atoms with van der Waals surface area (Å²) >= 11 is 0. The van der Waals surface area contributed by atoms with Crippen molar-refractivity contribution in [3.63, 3.8) is 0 Å². The molecule has 1 aromatic heterocycles.